The van der Waals surface area contributed by atoms with Crippen molar-refractivity contribution >= 4 is 28.4 Å². The molecule has 2 N–H and O–H groups in total. The van der Waals surface area contributed by atoms with Gasteiger partial charge in [0.1, 0.15) is 17.3 Å². The molecule has 2 heterocycles. The van der Waals surface area contributed by atoms with E-state index < -0.39 is 0 Å². The minimum atomic E-state index is 0.226. The first-order chi connectivity index (χ1) is 13.8. The molecule has 0 bridgehead atoms. The fourth-order valence-corrected chi connectivity index (χ4v) is 3.32. The number of fused-ring (bicyclic) bond motifs is 1. The average molecular weight is 380 g/mol. The molecular weight excluding hydrogens is 356 g/mol. The molecule has 146 valence electrons. The van der Waals surface area contributed by atoms with E-state index in [1.165, 1.54) is 0 Å². The first-order valence-corrected chi connectivity index (χ1v) is 9.38. The van der Waals surface area contributed by atoms with Crippen molar-refractivity contribution in [1.29, 1.82) is 0 Å². The van der Waals surface area contributed by atoms with Crippen LogP contribution in [0.15, 0.2) is 42.5 Å². The maximum Gasteiger partial charge on any atom is 0.229 e. The average Bonchev–Trinajstić information content (AvgIpc) is 3.25. The number of ether oxygens (including phenoxy) is 3. The third-order valence-corrected chi connectivity index (χ3v) is 4.78. The van der Waals surface area contributed by atoms with Gasteiger partial charge in [-0.2, -0.15) is 4.98 Å². The van der Waals surface area contributed by atoms with Crippen molar-refractivity contribution in [3.8, 4) is 11.5 Å². The molecule has 4 rings (SSSR count). The minimum absolute atomic E-state index is 0.226. The van der Waals surface area contributed by atoms with E-state index in [1.807, 2.05) is 42.5 Å². The molecule has 0 saturated carbocycles. The second-order valence-electron chi connectivity index (χ2n) is 6.62. The van der Waals surface area contributed by atoms with E-state index in [0.29, 0.717) is 11.7 Å². The summed E-state index contributed by atoms with van der Waals surface area (Å²) in [6.07, 6.45) is 2.41. The summed E-state index contributed by atoms with van der Waals surface area (Å²) in [6.45, 7) is 1.56. The van der Waals surface area contributed by atoms with Crippen LogP contribution in [0.1, 0.15) is 12.8 Å². The number of hydrogen-bond acceptors (Lipinski definition) is 7. The van der Waals surface area contributed by atoms with Gasteiger partial charge in [-0.25, -0.2) is 4.98 Å². The van der Waals surface area contributed by atoms with Crippen molar-refractivity contribution in [3.05, 3.63) is 42.5 Å². The SMILES string of the molecule is COc1ccc(OC)c(Nc2nc(NC[C@H]3CCCO3)c3ccccc3n2)c1. The maximum atomic E-state index is 5.72. The maximum absolute atomic E-state index is 5.72. The Balaban J connectivity index is 1.65. The largest absolute Gasteiger partial charge is 0.497 e. The van der Waals surface area contributed by atoms with Crippen LogP contribution in [-0.2, 0) is 4.74 Å². The Morgan fingerprint density at radius 1 is 1.11 bits per heavy atom. The second-order valence-corrected chi connectivity index (χ2v) is 6.62. The number of para-hydroxylation sites is 1. The molecule has 1 aromatic heterocycles. The molecule has 1 aliphatic heterocycles. The molecule has 1 aliphatic rings. The van der Waals surface area contributed by atoms with Crippen LogP contribution in [0.5, 0.6) is 11.5 Å². The number of benzene rings is 2. The van der Waals surface area contributed by atoms with Crippen molar-refractivity contribution in [2.75, 3.05) is 38.0 Å². The lowest BCUT2D eigenvalue weighted by molar-refractivity contribution is 0.120. The number of hydrogen-bond donors (Lipinski definition) is 2. The summed E-state index contributed by atoms with van der Waals surface area (Å²) < 4.78 is 16.5. The van der Waals surface area contributed by atoms with E-state index in [-0.39, 0.29) is 6.10 Å². The number of nitrogens with one attached hydrogen (secondary N) is 2. The molecule has 3 aromatic rings. The third-order valence-electron chi connectivity index (χ3n) is 4.78. The van der Waals surface area contributed by atoms with Crippen LogP contribution in [0, 0.1) is 0 Å². The molecule has 0 aliphatic carbocycles. The molecule has 1 saturated heterocycles. The lowest BCUT2D eigenvalue weighted by atomic mass is 10.2. The van der Waals surface area contributed by atoms with Gasteiger partial charge < -0.3 is 24.8 Å². The summed E-state index contributed by atoms with van der Waals surface area (Å²) in [5, 5.41) is 7.67. The van der Waals surface area contributed by atoms with E-state index in [2.05, 4.69) is 15.6 Å². The molecule has 1 fully saturated rings. The van der Waals surface area contributed by atoms with Crippen LogP contribution < -0.4 is 20.1 Å². The molecule has 28 heavy (non-hydrogen) atoms. The Bertz CT molecular complexity index is 958. The van der Waals surface area contributed by atoms with Crippen LogP contribution in [0.4, 0.5) is 17.5 Å². The highest BCUT2D eigenvalue weighted by Crippen LogP contribution is 2.32. The zero-order valence-corrected chi connectivity index (χ0v) is 16.1. The van der Waals surface area contributed by atoms with E-state index in [4.69, 9.17) is 19.2 Å². The minimum Gasteiger partial charge on any atom is -0.497 e. The highest BCUT2D eigenvalue weighted by Gasteiger charge is 2.17. The van der Waals surface area contributed by atoms with Crippen LogP contribution in [0.25, 0.3) is 10.9 Å². The molecule has 0 radical (unpaired) electrons. The predicted molar refractivity (Wildman–Crippen MR) is 110 cm³/mol. The lowest BCUT2D eigenvalue weighted by Gasteiger charge is -2.15. The van der Waals surface area contributed by atoms with Gasteiger partial charge in [-0.3, -0.25) is 0 Å². The molecule has 7 heteroatoms. The standard InChI is InChI=1S/C21H24N4O3/c1-26-14-9-10-19(27-2)18(12-14)24-21-23-17-8-4-3-7-16(17)20(25-21)22-13-15-6-5-11-28-15/h3-4,7-10,12,15H,5-6,11,13H2,1-2H3,(H2,22,23,24,25)/t15-/m1/s1. The van der Waals surface area contributed by atoms with Gasteiger partial charge in [0.05, 0.1) is 31.5 Å². The van der Waals surface area contributed by atoms with Gasteiger partial charge in [0.25, 0.3) is 0 Å². The molecule has 0 unspecified atom stereocenters. The first kappa shape index (κ1) is 18.3. The van der Waals surface area contributed by atoms with E-state index in [0.717, 1.165) is 54.2 Å². The van der Waals surface area contributed by atoms with Gasteiger partial charge >= 0.3 is 0 Å². The van der Waals surface area contributed by atoms with Crippen molar-refractivity contribution in [2.24, 2.45) is 0 Å². The molecule has 0 spiro atoms. The Labute approximate surface area is 164 Å². The number of rotatable bonds is 7. The van der Waals surface area contributed by atoms with Crippen molar-refractivity contribution in [2.45, 2.75) is 18.9 Å². The van der Waals surface area contributed by atoms with Gasteiger partial charge in [0.15, 0.2) is 0 Å². The normalized spacial score (nSPS) is 16.1. The molecular formula is C21H24N4O3. The van der Waals surface area contributed by atoms with Crippen molar-refractivity contribution < 1.29 is 14.2 Å². The van der Waals surface area contributed by atoms with E-state index in [9.17, 15) is 0 Å². The second kappa shape index (κ2) is 8.31. The highest BCUT2D eigenvalue weighted by atomic mass is 16.5. The van der Waals surface area contributed by atoms with Crippen molar-refractivity contribution in [1.82, 2.24) is 9.97 Å². The Morgan fingerprint density at radius 2 is 2.00 bits per heavy atom. The number of methoxy groups -OCH3 is 2. The van der Waals surface area contributed by atoms with Gasteiger partial charge in [-0.05, 0) is 37.1 Å². The smallest absolute Gasteiger partial charge is 0.229 e. The first-order valence-electron chi connectivity index (χ1n) is 9.38. The summed E-state index contributed by atoms with van der Waals surface area (Å²) in [6, 6.07) is 13.5. The van der Waals surface area contributed by atoms with Gasteiger partial charge in [0, 0.05) is 24.6 Å². The zero-order valence-electron chi connectivity index (χ0n) is 16.1. The van der Waals surface area contributed by atoms with Crippen LogP contribution in [0.2, 0.25) is 0 Å². The summed E-state index contributed by atoms with van der Waals surface area (Å²) in [5.74, 6) is 2.68. The fourth-order valence-electron chi connectivity index (χ4n) is 3.32. The molecule has 0 amide bonds. The van der Waals surface area contributed by atoms with E-state index in [1.54, 1.807) is 14.2 Å². The summed E-state index contributed by atoms with van der Waals surface area (Å²) in [5.41, 5.74) is 1.60. The third kappa shape index (κ3) is 3.94. The fraction of sp³-hybridized carbons (Fsp3) is 0.333. The van der Waals surface area contributed by atoms with Gasteiger partial charge in [0.2, 0.25) is 5.95 Å². The molecule has 7 nitrogen and oxygen atoms in total. The zero-order chi connectivity index (χ0) is 19.3. The topological polar surface area (TPSA) is 77.5 Å². The lowest BCUT2D eigenvalue weighted by Crippen LogP contribution is -2.19. The number of nitrogens with zero attached hydrogens (tertiary/aromatic N) is 2. The summed E-state index contributed by atoms with van der Waals surface area (Å²) >= 11 is 0. The molecule has 2 aromatic carbocycles. The number of anilines is 3. The Morgan fingerprint density at radius 3 is 2.79 bits per heavy atom. The van der Waals surface area contributed by atoms with E-state index >= 15 is 0 Å². The van der Waals surface area contributed by atoms with Gasteiger partial charge in [-0.15, -0.1) is 0 Å². The van der Waals surface area contributed by atoms with Crippen molar-refractivity contribution in [3.63, 3.8) is 0 Å². The Hall–Kier alpha value is -3.06. The monoisotopic (exact) mass is 380 g/mol. The predicted octanol–water partition coefficient (Wildman–Crippen LogP) is 3.98. The van der Waals surface area contributed by atoms with Crippen LogP contribution >= 0.6 is 0 Å². The van der Waals surface area contributed by atoms with Crippen LogP contribution in [0.3, 0.4) is 0 Å². The quantitative estimate of drug-likeness (QED) is 0.642. The van der Waals surface area contributed by atoms with Gasteiger partial charge in [-0.1, -0.05) is 12.1 Å². The number of aromatic nitrogens is 2. The summed E-state index contributed by atoms with van der Waals surface area (Å²) in [4.78, 5) is 9.35. The highest BCUT2D eigenvalue weighted by molar-refractivity contribution is 5.90. The summed E-state index contributed by atoms with van der Waals surface area (Å²) in [7, 11) is 3.26. The van der Waals surface area contributed by atoms with Crippen LogP contribution in [-0.4, -0.2) is 43.4 Å². The molecule has 1 atom stereocenters. The Kier molecular flexibility index (Phi) is 5.43.